The smallest absolute Gasteiger partial charge is 0.300 e. The number of aliphatic hydroxyl groups excluding tert-OH is 1. The van der Waals surface area contributed by atoms with Crippen LogP contribution < -0.4 is 9.64 Å². The zero-order valence-electron chi connectivity index (χ0n) is 16.9. The molecule has 0 saturated carbocycles. The van der Waals surface area contributed by atoms with E-state index in [0.717, 1.165) is 0 Å². The lowest BCUT2D eigenvalue weighted by Crippen LogP contribution is -2.29. The largest absolute Gasteiger partial charge is 0.507 e. The van der Waals surface area contributed by atoms with Crippen molar-refractivity contribution in [2.75, 3.05) is 11.5 Å². The third-order valence-electron chi connectivity index (χ3n) is 5.04. The van der Waals surface area contributed by atoms with Crippen molar-refractivity contribution in [2.24, 2.45) is 0 Å². The van der Waals surface area contributed by atoms with Crippen LogP contribution in [0.2, 0.25) is 5.02 Å². The Morgan fingerprint density at radius 2 is 1.97 bits per heavy atom. The van der Waals surface area contributed by atoms with Crippen LogP contribution in [0.5, 0.6) is 5.75 Å². The van der Waals surface area contributed by atoms with E-state index in [0.29, 0.717) is 28.5 Å². The lowest BCUT2D eigenvalue weighted by atomic mass is 9.99. The number of Topliss-reactive ketones (excluding diaryl/α,β-unsaturated/α-hetero) is 1. The number of halogens is 1. The first-order chi connectivity index (χ1) is 15.5. The Balaban J connectivity index is 1.91. The first-order valence-corrected chi connectivity index (χ1v) is 11.0. The quantitative estimate of drug-likeness (QED) is 0.314. The van der Waals surface area contributed by atoms with Crippen LogP contribution in [-0.2, 0) is 9.59 Å². The summed E-state index contributed by atoms with van der Waals surface area (Å²) in [6, 6.07) is 15.9. The highest BCUT2D eigenvalue weighted by Crippen LogP contribution is 2.44. The van der Waals surface area contributed by atoms with Gasteiger partial charge in [0.05, 0.1) is 28.8 Å². The van der Waals surface area contributed by atoms with Crippen molar-refractivity contribution in [3.63, 3.8) is 0 Å². The number of ketones is 1. The van der Waals surface area contributed by atoms with E-state index < -0.39 is 17.7 Å². The minimum atomic E-state index is -0.838. The van der Waals surface area contributed by atoms with E-state index in [2.05, 4.69) is 0 Å². The maximum Gasteiger partial charge on any atom is 0.300 e. The number of thiophene rings is 1. The van der Waals surface area contributed by atoms with Crippen LogP contribution in [0.3, 0.4) is 0 Å². The molecule has 2 heterocycles. The molecule has 6 nitrogen and oxygen atoms in total. The van der Waals surface area contributed by atoms with Gasteiger partial charge in [0.15, 0.2) is 0 Å². The number of anilines is 1. The van der Waals surface area contributed by atoms with Crippen molar-refractivity contribution >= 4 is 46.1 Å². The Kier molecular flexibility index (Phi) is 5.99. The summed E-state index contributed by atoms with van der Waals surface area (Å²) < 4.78 is 5.49. The minimum absolute atomic E-state index is 0.0580. The highest BCUT2D eigenvalue weighted by molar-refractivity contribution is 7.10. The number of hydrogen-bond donors (Lipinski definition) is 1. The summed E-state index contributed by atoms with van der Waals surface area (Å²) in [5.74, 6) is -1.48. The molecule has 1 atom stereocenters. The van der Waals surface area contributed by atoms with Gasteiger partial charge < -0.3 is 9.84 Å². The summed E-state index contributed by atoms with van der Waals surface area (Å²) >= 11 is 7.69. The van der Waals surface area contributed by atoms with Gasteiger partial charge in [-0.15, -0.1) is 11.3 Å². The molecule has 0 aliphatic carbocycles. The van der Waals surface area contributed by atoms with Crippen LogP contribution >= 0.6 is 22.9 Å². The van der Waals surface area contributed by atoms with Crippen molar-refractivity contribution in [3.05, 3.63) is 86.6 Å². The van der Waals surface area contributed by atoms with Gasteiger partial charge in [-0.1, -0.05) is 17.7 Å². The number of nitriles is 1. The molecule has 1 saturated heterocycles. The molecular formula is C24H17ClN2O4S. The fourth-order valence-corrected chi connectivity index (χ4v) is 4.63. The molecule has 32 heavy (non-hydrogen) atoms. The highest BCUT2D eigenvalue weighted by Gasteiger charge is 2.47. The van der Waals surface area contributed by atoms with Crippen molar-refractivity contribution in [1.29, 1.82) is 5.26 Å². The Morgan fingerprint density at radius 1 is 1.22 bits per heavy atom. The van der Waals surface area contributed by atoms with E-state index in [4.69, 9.17) is 21.6 Å². The number of carbonyl (C=O) groups is 2. The van der Waals surface area contributed by atoms with E-state index in [1.165, 1.54) is 16.2 Å². The maximum atomic E-state index is 13.1. The average molecular weight is 465 g/mol. The van der Waals surface area contributed by atoms with Gasteiger partial charge in [-0.3, -0.25) is 14.5 Å². The first kappa shape index (κ1) is 21.6. The number of ether oxygens (including phenoxy) is 1. The zero-order chi connectivity index (χ0) is 22.8. The van der Waals surface area contributed by atoms with Crippen LogP contribution in [0.15, 0.2) is 65.6 Å². The molecule has 8 heteroatoms. The number of carbonyl (C=O) groups excluding carboxylic acids is 2. The Bertz CT molecular complexity index is 1260. The number of rotatable bonds is 5. The molecule has 160 valence electrons. The van der Waals surface area contributed by atoms with Crippen molar-refractivity contribution in [1.82, 2.24) is 0 Å². The summed E-state index contributed by atoms with van der Waals surface area (Å²) in [4.78, 5) is 28.2. The highest BCUT2D eigenvalue weighted by atomic mass is 35.5. The summed E-state index contributed by atoms with van der Waals surface area (Å²) in [6.07, 6.45) is 0. The first-order valence-electron chi connectivity index (χ1n) is 9.73. The standard InChI is InChI=1S/C24H17ClN2O4S/c1-2-31-16-9-10-18(25)17(12-16)22(28)20-21(19-4-3-11-32-19)27(24(30)23(20)29)15-7-5-14(13-26)6-8-15/h3-12,21,28H,2H2,1H3/b22-20-. The van der Waals surface area contributed by atoms with E-state index in [9.17, 15) is 14.7 Å². The maximum absolute atomic E-state index is 13.1. The van der Waals surface area contributed by atoms with Crippen LogP contribution in [0.4, 0.5) is 5.69 Å². The topological polar surface area (TPSA) is 90.6 Å². The van der Waals surface area contributed by atoms with E-state index >= 15 is 0 Å². The molecule has 0 bridgehead atoms. The third kappa shape index (κ3) is 3.75. The van der Waals surface area contributed by atoms with Gasteiger partial charge in [0.25, 0.3) is 11.7 Å². The summed E-state index contributed by atoms with van der Waals surface area (Å²) in [6.45, 7) is 2.24. The normalized spacial score (nSPS) is 17.4. The van der Waals surface area contributed by atoms with E-state index in [1.54, 1.807) is 48.5 Å². The monoisotopic (exact) mass is 464 g/mol. The Morgan fingerprint density at radius 3 is 2.59 bits per heavy atom. The summed E-state index contributed by atoms with van der Waals surface area (Å²) in [5, 5.41) is 22.3. The van der Waals surface area contributed by atoms with Gasteiger partial charge in [0.1, 0.15) is 17.6 Å². The molecular weight excluding hydrogens is 448 g/mol. The second-order valence-corrected chi connectivity index (χ2v) is 8.30. The predicted octanol–water partition coefficient (Wildman–Crippen LogP) is 5.30. The lowest BCUT2D eigenvalue weighted by molar-refractivity contribution is -0.132. The number of benzene rings is 2. The molecule has 2 aromatic carbocycles. The predicted molar refractivity (Wildman–Crippen MR) is 123 cm³/mol. The number of hydrogen-bond acceptors (Lipinski definition) is 6. The van der Waals surface area contributed by atoms with Gasteiger partial charge in [-0.05, 0) is 60.8 Å². The second-order valence-electron chi connectivity index (χ2n) is 6.92. The minimum Gasteiger partial charge on any atom is -0.507 e. The van der Waals surface area contributed by atoms with Gasteiger partial charge in [0.2, 0.25) is 0 Å². The molecule has 4 rings (SSSR count). The Labute approximate surface area is 193 Å². The van der Waals surface area contributed by atoms with Crippen LogP contribution in [0, 0.1) is 11.3 Å². The van der Waals surface area contributed by atoms with Crippen molar-refractivity contribution in [2.45, 2.75) is 13.0 Å². The number of aliphatic hydroxyl groups is 1. The molecule has 1 amide bonds. The lowest BCUT2D eigenvalue weighted by Gasteiger charge is -2.24. The molecule has 0 radical (unpaired) electrons. The summed E-state index contributed by atoms with van der Waals surface area (Å²) in [5.41, 5.74) is 1.02. The average Bonchev–Trinajstić information content (AvgIpc) is 3.42. The van der Waals surface area contributed by atoms with Gasteiger partial charge >= 0.3 is 0 Å². The fourth-order valence-electron chi connectivity index (χ4n) is 3.60. The van der Waals surface area contributed by atoms with E-state index in [-0.39, 0.29) is 21.9 Å². The van der Waals surface area contributed by atoms with Crippen LogP contribution in [0.25, 0.3) is 5.76 Å². The second kappa shape index (κ2) is 8.87. The van der Waals surface area contributed by atoms with Gasteiger partial charge in [-0.2, -0.15) is 5.26 Å². The third-order valence-corrected chi connectivity index (χ3v) is 6.29. The van der Waals surface area contributed by atoms with Crippen molar-refractivity contribution in [3.8, 4) is 11.8 Å². The molecule has 1 unspecified atom stereocenters. The summed E-state index contributed by atoms with van der Waals surface area (Å²) in [7, 11) is 0. The van der Waals surface area contributed by atoms with Crippen LogP contribution in [-0.4, -0.2) is 23.4 Å². The number of amides is 1. The molecule has 1 fully saturated rings. The molecule has 1 aliphatic rings. The van der Waals surface area contributed by atoms with Gasteiger partial charge in [0, 0.05) is 16.1 Å². The SMILES string of the molecule is CCOc1ccc(Cl)c(/C(O)=C2/C(=O)C(=O)N(c3ccc(C#N)cc3)C2c2cccs2)c1. The molecule has 0 spiro atoms. The molecule has 3 aromatic rings. The Hall–Kier alpha value is -3.60. The number of nitrogens with zero attached hydrogens (tertiary/aromatic N) is 2. The van der Waals surface area contributed by atoms with Gasteiger partial charge in [-0.25, -0.2) is 0 Å². The fraction of sp³-hybridized carbons (Fsp3) is 0.125. The molecule has 1 aliphatic heterocycles. The van der Waals surface area contributed by atoms with Crippen LogP contribution in [0.1, 0.15) is 29.0 Å². The molecule has 1 N–H and O–H groups in total. The van der Waals surface area contributed by atoms with E-state index in [1.807, 2.05) is 24.4 Å². The molecule has 1 aromatic heterocycles. The van der Waals surface area contributed by atoms with Crippen molar-refractivity contribution < 1.29 is 19.4 Å². The zero-order valence-corrected chi connectivity index (χ0v) is 18.5.